The number of benzene rings is 1. The Kier molecular flexibility index (Phi) is 6.34. The summed E-state index contributed by atoms with van der Waals surface area (Å²) in [6.45, 7) is 2.85. The van der Waals surface area contributed by atoms with Gasteiger partial charge in [-0.3, -0.25) is 0 Å². The molecule has 0 bridgehead atoms. The van der Waals surface area contributed by atoms with Gasteiger partial charge in [-0.15, -0.1) is 11.3 Å². The first-order valence-electron chi connectivity index (χ1n) is 6.64. The molecule has 6 heteroatoms. The Morgan fingerprint density at radius 1 is 1.24 bits per heavy atom. The zero-order chi connectivity index (χ0) is 15.4. The lowest BCUT2D eigenvalue weighted by atomic mass is 10.00. The second kappa shape index (κ2) is 7.81. The van der Waals surface area contributed by atoms with Gasteiger partial charge in [0.1, 0.15) is 11.6 Å². The van der Waals surface area contributed by atoms with E-state index in [1.165, 1.54) is 18.2 Å². The van der Waals surface area contributed by atoms with Gasteiger partial charge in [0.15, 0.2) is 0 Å². The third-order valence-electron chi connectivity index (χ3n) is 3.17. The average molecular weight is 439 g/mol. The van der Waals surface area contributed by atoms with Crippen molar-refractivity contribution in [2.24, 2.45) is 0 Å². The fourth-order valence-electron chi connectivity index (χ4n) is 2.13. The molecule has 1 unspecified atom stereocenters. The minimum atomic E-state index is -0.497. The van der Waals surface area contributed by atoms with Crippen LogP contribution in [0.3, 0.4) is 0 Å². The van der Waals surface area contributed by atoms with Crippen molar-refractivity contribution in [3.05, 3.63) is 54.6 Å². The van der Waals surface area contributed by atoms with Crippen molar-refractivity contribution in [1.82, 2.24) is 5.32 Å². The minimum absolute atomic E-state index is 0.125. The summed E-state index contributed by atoms with van der Waals surface area (Å²) >= 11 is 8.52. The van der Waals surface area contributed by atoms with Gasteiger partial charge in [0, 0.05) is 11.6 Å². The quantitative estimate of drug-likeness (QED) is 0.597. The molecular weight excluding hydrogens is 424 g/mol. The lowest BCUT2D eigenvalue weighted by Gasteiger charge is -2.19. The Bertz CT molecular complexity index is 595. The first-order valence-corrected chi connectivity index (χ1v) is 9.04. The summed E-state index contributed by atoms with van der Waals surface area (Å²) in [6, 6.07) is 5.84. The molecule has 1 heterocycles. The number of nitrogens with one attached hydrogen (secondary N) is 1. The molecule has 0 spiro atoms. The summed E-state index contributed by atoms with van der Waals surface area (Å²) in [6.07, 6.45) is 1.24. The Hall–Kier alpha value is -0.300. The molecule has 0 aliphatic carbocycles. The Morgan fingerprint density at radius 2 is 1.90 bits per heavy atom. The molecule has 0 radical (unpaired) electrons. The van der Waals surface area contributed by atoms with Gasteiger partial charge in [0.25, 0.3) is 0 Å². The van der Waals surface area contributed by atoms with Crippen molar-refractivity contribution in [3.8, 4) is 0 Å². The van der Waals surface area contributed by atoms with Gasteiger partial charge < -0.3 is 5.32 Å². The second-order valence-corrected chi connectivity index (χ2v) is 8.44. The standard InChI is InChI=1S/C15H15Br2F2NS/c1-2-6-20-13(10-8-14(16)21-15(10)17)7-9-11(18)4-3-5-12(9)19/h3-5,8,13,20H,2,6-7H2,1H3. The lowest BCUT2D eigenvalue weighted by Crippen LogP contribution is -2.24. The average Bonchev–Trinajstić information content (AvgIpc) is 2.76. The lowest BCUT2D eigenvalue weighted by molar-refractivity contribution is 0.490. The van der Waals surface area contributed by atoms with Crippen molar-refractivity contribution in [3.63, 3.8) is 0 Å². The summed E-state index contributed by atoms with van der Waals surface area (Å²) in [5, 5.41) is 3.37. The van der Waals surface area contributed by atoms with Gasteiger partial charge in [0.2, 0.25) is 0 Å². The Morgan fingerprint density at radius 3 is 2.43 bits per heavy atom. The van der Waals surface area contributed by atoms with Crippen molar-refractivity contribution in [2.45, 2.75) is 25.8 Å². The molecule has 2 rings (SSSR count). The highest BCUT2D eigenvalue weighted by Gasteiger charge is 2.20. The van der Waals surface area contributed by atoms with Crippen LogP contribution in [-0.2, 0) is 6.42 Å². The van der Waals surface area contributed by atoms with Crippen LogP contribution in [0.25, 0.3) is 0 Å². The van der Waals surface area contributed by atoms with E-state index in [9.17, 15) is 8.78 Å². The van der Waals surface area contributed by atoms with Gasteiger partial charge in [-0.05, 0) is 75.0 Å². The largest absolute Gasteiger partial charge is 0.310 e. The fourth-order valence-corrected chi connectivity index (χ4v) is 5.11. The summed E-state index contributed by atoms with van der Waals surface area (Å²) in [4.78, 5) is 0. The van der Waals surface area contributed by atoms with Gasteiger partial charge in [-0.25, -0.2) is 8.78 Å². The molecule has 1 aromatic heterocycles. The van der Waals surface area contributed by atoms with Crippen LogP contribution >= 0.6 is 43.2 Å². The molecule has 0 amide bonds. The molecule has 0 saturated carbocycles. The molecule has 1 atom stereocenters. The van der Waals surface area contributed by atoms with Crippen LogP contribution in [0.4, 0.5) is 8.78 Å². The summed E-state index contributed by atoms with van der Waals surface area (Å²) in [5.41, 5.74) is 1.14. The molecular formula is C15H15Br2F2NS. The third kappa shape index (κ3) is 4.34. The van der Waals surface area contributed by atoms with E-state index in [4.69, 9.17) is 0 Å². The van der Waals surface area contributed by atoms with Gasteiger partial charge in [-0.2, -0.15) is 0 Å². The summed E-state index contributed by atoms with van der Waals surface area (Å²) in [7, 11) is 0. The van der Waals surface area contributed by atoms with E-state index in [-0.39, 0.29) is 18.0 Å². The first kappa shape index (κ1) is 17.1. The number of thiophene rings is 1. The molecule has 0 aliphatic heterocycles. The second-order valence-electron chi connectivity index (χ2n) is 4.69. The molecule has 0 aliphatic rings. The van der Waals surface area contributed by atoms with Crippen LogP contribution in [0, 0.1) is 11.6 Å². The first-order chi connectivity index (χ1) is 10.0. The Labute approximate surface area is 144 Å². The van der Waals surface area contributed by atoms with Crippen molar-refractivity contribution in [1.29, 1.82) is 0 Å². The molecule has 1 nitrogen and oxygen atoms in total. The maximum atomic E-state index is 13.9. The van der Waals surface area contributed by atoms with Crippen molar-refractivity contribution < 1.29 is 8.78 Å². The van der Waals surface area contributed by atoms with E-state index in [1.807, 2.05) is 6.07 Å². The zero-order valence-electron chi connectivity index (χ0n) is 11.4. The Balaban J connectivity index is 2.30. The van der Waals surface area contributed by atoms with Crippen LogP contribution < -0.4 is 5.32 Å². The fraction of sp³-hybridized carbons (Fsp3) is 0.333. The van der Waals surface area contributed by atoms with Crippen LogP contribution in [0.1, 0.15) is 30.5 Å². The number of hydrogen-bond donors (Lipinski definition) is 1. The van der Waals surface area contributed by atoms with Crippen LogP contribution in [-0.4, -0.2) is 6.54 Å². The van der Waals surface area contributed by atoms with E-state index in [1.54, 1.807) is 11.3 Å². The third-order valence-corrected chi connectivity index (χ3v) is 5.55. The smallest absolute Gasteiger partial charge is 0.129 e. The van der Waals surface area contributed by atoms with Gasteiger partial charge >= 0.3 is 0 Å². The van der Waals surface area contributed by atoms with E-state index in [0.717, 1.165) is 26.1 Å². The molecule has 1 N–H and O–H groups in total. The van der Waals surface area contributed by atoms with Crippen molar-refractivity contribution >= 4 is 43.2 Å². The monoisotopic (exact) mass is 437 g/mol. The number of rotatable bonds is 6. The van der Waals surface area contributed by atoms with Gasteiger partial charge in [-0.1, -0.05) is 13.0 Å². The molecule has 1 aromatic carbocycles. The van der Waals surface area contributed by atoms with E-state index < -0.39 is 11.6 Å². The molecule has 0 saturated heterocycles. The molecule has 114 valence electrons. The highest BCUT2D eigenvalue weighted by molar-refractivity contribution is 9.12. The maximum absolute atomic E-state index is 13.9. The molecule has 21 heavy (non-hydrogen) atoms. The minimum Gasteiger partial charge on any atom is -0.310 e. The van der Waals surface area contributed by atoms with Crippen molar-refractivity contribution in [2.75, 3.05) is 6.54 Å². The zero-order valence-corrected chi connectivity index (χ0v) is 15.4. The predicted octanol–water partition coefficient (Wildman–Crippen LogP) is 5.83. The van der Waals surface area contributed by atoms with E-state index in [2.05, 4.69) is 44.1 Å². The highest BCUT2D eigenvalue weighted by atomic mass is 79.9. The molecule has 2 aromatic rings. The predicted molar refractivity (Wildman–Crippen MR) is 90.8 cm³/mol. The molecule has 0 fully saturated rings. The topological polar surface area (TPSA) is 12.0 Å². The van der Waals surface area contributed by atoms with Gasteiger partial charge in [0.05, 0.1) is 7.57 Å². The number of hydrogen-bond acceptors (Lipinski definition) is 2. The van der Waals surface area contributed by atoms with E-state index in [0.29, 0.717) is 0 Å². The van der Waals surface area contributed by atoms with Crippen LogP contribution in [0.2, 0.25) is 0 Å². The van der Waals surface area contributed by atoms with Crippen LogP contribution in [0.5, 0.6) is 0 Å². The summed E-state index contributed by atoms with van der Waals surface area (Å²) in [5.74, 6) is -0.993. The normalized spacial score (nSPS) is 12.6. The SMILES string of the molecule is CCCNC(Cc1c(F)cccc1F)c1cc(Br)sc1Br. The highest BCUT2D eigenvalue weighted by Crippen LogP contribution is 2.37. The van der Waals surface area contributed by atoms with E-state index >= 15 is 0 Å². The maximum Gasteiger partial charge on any atom is 0.129 e. The summed E-state index contributed by atoms with van der Waals surface area (Å²) < 4.78 is 29.7. The number of halogens is 4. The van der Waals surface area contributed by atoms with Crippen LogP contribution in [0.15, 0.2) is 31.8 Å².